The Morgan fingerprint density at radius 1 is 1.07 bits per heavy atom. The number of halogens is 1. The maximum Gasteiger partial charge on any atom is 0.221 e. The molecule has 2 aromatic heterocycles. The first-order valence-corrected chi connectivity index (χ1v) is 4.80. The van der Waals surface area contributed by atoms with Crippen molar-refractivity contribution in [2.45, 2.75) is 0 Å². The van der Waals surface area contributed by atoms with Gasteiger partial charge in [0.1, 0.15) is 5.15 Å². The molecule has 0 saturated carbocycles. The Hall–Kier alpha value is -1.61. The summed E-state index contributed by atoms with van der Waals surface area (Å²) >= 11 is 5.99. The van der Waals surface area contributed by atoms with E-state index in [-0.39, 0.29) is 0 Å². The number of aromatic nitrogens is 2. The molecule has 0 amide bonds. The first-order chi connectivity index (χ1) is 7.33. The molecule has 0 saturated heterocycles. The van der Waals surface area contributed by atoms with Crippen LogP contribution in [0, 0.1) is 0 Å². The van der Waals surface area contributed by atoms with E-state index in [4.69, 9.17) is 16.3 Å². The van der Waals surface area contributed by atoms with Crippen molar-refractivity contribution in [1.82, 2.24) is 9.97 Å². The molecule has 0 bridgehead atoms. The van der Waals surface area contributed by atoms with E-state index in [1.807, 2.05) is 24.3 Å². The van der Waals surface area contributed by atoms with Crippen molar-refractivity contribution in [1.29, 1.82) is 0 Å². The number of ether oxygens (including phenoxy) is 1. The second kappa shape index (κ2) is 4.28. The van der Waals surface area contributed by atoms with Crippen LogP contribution in [0.15, 0.2) is 36.7 Å². The average molecular weight is 221 g/mol. The molecule has 2 aromatic rings. The molecule has 0 aliphatic heterocycles. The minimum Gasteiger partial charge on any atom is -0.481 e. The molecule has 0 N–H and O–H groups in total. The summed E-state index contributed by atoms with van der Waals surface area (Å²) in [4.78, 5) is 8.12. The lowest BCUT2D eigenvalue weighted by molar-refractivity contribution is 0.399. The quantitative estimate of drug-likeness (QED) is 0.730. The van der Waals surface area contributed by atoms with Crippen molar-refractivity contribution in [3.63, 3.8) is 0 Å². The third-order valence-corrected chi connectivity index (χ3v) is 2.31. The Kier molecular flexibility index (Phi) is 2.83. The van der Waals surface area contributed by atoms with E-state index in [9.17, 15) is 0 Å². The van der Waals surface area contributed by atoms with E-state index in [1.165, 1.54) is 0 Å². The molecule has 0 atom stereocenters. The lowest BCUT2D eigenvalue weighted by atomic mass is 10.1. The molecule has 0 aliphatic carbocycles. The summed E-state index contributed by atoms with van der Waals surface area (Å²) < 4.78 is 5.16. The van der Waals surface area contributed by atoms with Gasteiger partial charge in [-0.2, -0.15) is 0 Å². The lowest BCUT2D eigenvalue weighted by Gasteiger charge is -2.07. The smallest absolute Gasteiger partial charge is 0.221 e. The molecule has 2 heterocycles. The van der Waals surface area contributed by atoms with Gasteiger partial charge in [-0.1, -0.05) is 11.6 Å². The Balaban J connectivity index is 2.59. The molecule has 0 spiro atoms. The van der Waals surface area contributed by atoms with Crippen molar-refractivity contribution in [2.75, 3.05) is 7.11 Å². The van der Waals surface area contributed by atoms with Crippen LogP contribution in [0.3, 0.4) is 0 Å². The standard InChI is InChI=1S/C11H9ClN2O/c1-15-11-9(5-3-7-14-11)8-4-2-6-13-10(8)12/h2-7H,1H3. The molecule has 3 nitrogen and oxygen atoms in total. The fraction of sp³-hybridized carbons (Fsp3) is 0.0909. The van der Waals surface area contributed by atoms with Gasteiger partial charge >= 0.3 is 0 Å². The highest BCUT2D eigenvalue weighted by Gasteiger charge is 2.09. The highest BCUT2D eigenvalue weighted by molar-refractivity contribution is 6.32. The van der Waals surface area contributed by atoms with Crippen molar-refractivity contribution >= 4 is 11.6 Å². The molecule has 0 aromatic carbocycles. The Morgan fingerprint density at radius 2 is 1.73 bits per heavy atom. The predicted octanol–water partition coefficient (Wildman–Crippen LogP) is 2.81. The van der Waals surface area contributed by atoms with Crippen LogP contribution in [-0.4, -0.2) is 17.1 Å². The van der Waals surface area contributed by atoms with E-state index in [0.717, 1.165) is 11.1 Å². The van der Waals surface area contributed by atoms with E-state index in [2.05, 4.69) is 9.97 Å². The minimum absolute atomic E-state index is 0.448. The van der Waals surface area contributed by atoms with Gasteiger partial charge in [0.05, 0.1) is 7.11 Å². The molecular weight excluding hydrogens is 212 g/mol. The molecule has 0 radical (unpaired) electrons. The second-order valence-corrected chi connectivity index (χ2v) is 3.26. The summed E-state index contributed by atoms with van der Waals surface area (Å²) in [6, 6.07) is 7.44. The highest BCUT2D eigenvalue weighted by Crippen LogP contribution is 2.31. The van der Waals surface area contributed by atoms with Gasteiger partial charge in [-0.25, -0.2) is 9.97 Å². The zero-order valence-corrected chi connectivity index (χ0v) is 8.90. The maximum absolute atomic E-state index is 5.99. The van der Waals surface area contributed by atoms with Gasteiger partial charge in [-0.05, 0) is 24.3 Å². The highest BCUT2D eigenvalue weighted by atomic mass is 35.5. The van der Waals surface area contributed by atoms with E-state index in [1.54, 1.807) is 19.5 Å². The summed E-state index contributed by atoms with van der Waals surface area (Å²) in [7, 11) is 1.58. The lowest BCUT2D eigenvalue weighted by Crippen LogP contribution is -1.91. The molecule has 0 fully saturated rings. The third kappa shape index (κ3) is 1.92. The fourth-order valence-corrected chi connectivity index (χ4v) is 1.57. The van der Waals surface area contributed by atoms with E-state index < -0.39 is 0 Å². The Labute approximate surface area is 92.7 Å². The molecule has 0 aliphatic rings. The van der Waals surface area contributed by atoms with Crippen molar-refractivity contribution in [3.05, 3.63) is 41.8 Å². The predicted molar refractivity (Wildman–Crippen MR) is 59.0 cm³/mol. The summed E-state index contributed by atoms with van der Waals surface area (Å²) in [6.07, 6.45) is 3.32. The summed E-state index contributed by atoms with van der Waals surface area (Å²) in [6.45, 7) is 0. The fourth-order valence-electron chi connectivity index (χ4n) is 1.35. The van der Waals surface area contributed by atoms with Crippen molar-refractivity contribution in [2.24, 2.45) is 0 Å². The maximum atomic E-state index is 5.99. The number of hydrogen-bond acceptors (Lipinski definition) is 3. The van der Waals surface area contributed by atoms with Gasteiger partial charge in [-0.15, -0.1) is 0 Å². The number of hydrogen-bond donors (Lipinski definition) is 0. The van der Waals surface area contributed by atoms with Crippen LogP contribution in [0.4, 0.5) is 0 Å². The van der Waals surface area contributed by atoms with Crippen LogP contribution < -0.4 is 4.74 Å². The zero-order valence-electron chi connectivity index (χ0n) is 8.14. The first-order valence-electron chi connectivity index (χ1n) is 4.43. The Morgan fingerprint density at radius 3 is 2.40 bits per heavy atom. The van der Waals surface area contributed by atoms with E-state index >= 15 is 0 Å². The van der Waals surface area contributed by atoms with Gasteiger partial charge in [0.15, 0.2) is 0 Å². The van der Waals surface area contributed by atoms with Crippen LogP contribution in [0.25, 0.3) is 11.1 Å². The average Bonchev–Trinajstić information content (AvgIpc) is 2.30. The minimum atomic E-state index is 0.448. The third-order valence-electron chi connectivity index (χ3n) is 2.01. The molecule has 15 heavy (non-hydrogen) atoms. The van der Waals surface area contributed by atoms with Crippen LogP contribution in [0.2, 0.25) is 5.15 Å². The van der Waals surface area contributed by atoms with Crippen LogP contribution in [-0.2, 0) is 0 Å². The zero-order chi connectivity index (χ0) is 10.7. The molecule has 0 unspecified atom stereocenters. The number of pyridine rings is 2. The number of methoxy groups -OCH3 is 1. The molecule has 4 heteroatoms. The molecule has 76 valence electrons. The first kappa shape index (κ1) is 9.93. The second-order valence-electron chi connectivity index (χ2n) is 2.90. The monoisotopic (exact) mass is 220 g/mol. The van der Waals surface area contributed by atoms with Gasteiger partial charge < -0.3 is 4.74 Å². The van der Waals surface area contributed by atoms with Crippen LogP contribution in [0.5, 0.6) is 5.88 Å². The number of nitrogens with zero attached hydrogens (tertiary/aromatic N) is 2. The topological polar surface area (TPSA) is 35.0 Å². The molecular formula is C11H9ClN2O. The summed E-state index contributed by atoms with van der Waals surface area (Å²) in [5.74, 6) is 0.549. The molecule has 2 rings (SSSR count). The van der Waals surface area contributed by atoms with Crippen molar-refractivity contribution < 1.29 is 4.74 Å². The summed E-state index contributed by atoms with van der Waals surface area (Å²) in [5, 5.41) is 0.448. The van der Waals surface area contributed by atoms with Crippen LogP contribution >= 0.6 is 11.6 Å². The van der Waals surface area contributed by atoms with Crippen molar-refractivity contribution in [3.8, 4) is 17.0 Å². The van der Waals surface area contributed by atoms with Gasteiger partial charge in [-0.3, -0.25) is 0 Å². The van der Waals surface area contributed by atoms with Gasteiger partial charge in [0.2, 0.25) is 5.88 Å². The summed E-state index contributed by atoms with van der Waals surface area (Å²) in [5.41, 5.74) is 1.67. The SMILES string of the molecule is COc1ncccc1-c1cccnc1Cl. The number of rotatable bonds is 2. The normalized spacial score (nSPS) is 10.0. The van der Waals surface area contributed by atoms with E-state index in [0.29, 0.717) is 11.0 Å². The van der Waals surface area contributed by atoms with Gasteiger partial charge in [0, 0.05) is 23.5 Å². The van der Waals surface area contributed by atoms with Crippen LogP contribution in [0.1, 0.15) is 0 Å². The van der Waals surface area contributed by atoms with Gasteiger partial charge in [0.25, 0.3) is 0 Å². The Bertz CT molecular complexity index is 474. The largest absolute Gasteiger partial charge is 0.481 e.